The zero-order valence-corrected chi connectivity index (χ0v) is 20.5. The summed E-state index contributed by atoms with van der Waals surface area (Å²) >= 11 is 0. The number of amides is 2. The number of rotatable bonds is 7. The summed E-state index contributed by atoms with van der Waals surface area (Å²) < 4.78 is 11.2. The molecule has 9 nitrogen and oxygen atoms in total. The van der Waals surface area contributed by atoms with Gasteiger partial charge in [0.15, 0.2) is 5.78 Å². The molecule has 0 spiro atoms. The van der Waals surface area contributed by atoms with Gasteiger partial charge in [0, 0.05) is 44.5 Å². The first kappa shape index (κ1) is 24.6. The van der Waals surface area contributed by atoms with Gasteiger partial charge < -0.3 is 29.9 Å². The number of nitrogens with two attached hydrogens (primary N) is 1. The van der Waals surface area contributed by atoms with Crippen molar-refractivity contribution in [1.29, 1.82) is 0 Å². The predicted octanol–water partition coefficient (Wildman–Crippen LogP) is 0.861. The number of ketones is 1. The molecule has 3 heterocycles. The average molecular weight is 473 g/mol. The fraction of sp³-hybridized carbons (Fsp3) is 0.640. The lowest BCUT2D eigenvalue weighted by atomic mass is 9.85. The molecular formula is C25H36N4O5. The van der Waals surface area contributed by atoms with Crippen LogP contribution in [0.1, 0.15) is 42.1 Å². The van der Waals surface area contributed by atoms with Gasteiger partial charge >= 0.3 is 0 Å². The summed E-state index contributed by atoms with van der Waals surface area (Å²) in [6, 6.07) is 4.95. The van der Waals surface area contributed by atoms with Crippen LogP contribution in [0.25, 0.3) is 0 Å². The van der Waals surface area contributed by atoms with Gasteiger partial charge in [-0.15, -0.1) is 0 Å². The SMILES string of the molecule is CO[C@@H]1CN(C(=O)[C@@H](CC(C)C)c2cc(N3CCN(C)CC3)ccc2C(N)=O)[C@@H]2C(=O)CO[C@@H]21. The molecule has 3 aliphatic rings. The molecule has 0 unspecified atom stereocenters. The Labute approximate surface area is 201 Å². The summed E-state index contributed by atoms with van der Waals surface area (Å²) in [6.45, 7) is 7.98. The van der Waals surface area contributed by atoms with Crippen LogP contribution in [0.3, 0.4) is 0 Å². The van der Waals surface area contributed by atoms with Crippen molar-refractivity contribution in [3.05, 3.63) is 29.3 Å². The number of likely N-dealkylation sites (tertiary alicyclic amines) is 1. The number of likely N-dealkylation sites (N-methyl/N-ethyl adjacent to an activating group) is 1. The van der Waals surface area contributed by atoms with Crippen LogP contribution in [0.15, 0.2) is 18.2 Å². The third kappa shape index (κ3) is 4.69. The highest BCUT2D eigenvalue weighted by Crippen LogP contribution is 2.36. The van der Waals surface area contributed by atoms with E-state index in [1.54, 1.807) is 18.1 Å². The van der Waals surface area contributed by atoms with Gasteiger partial charge in [-0.1, -0.05) is 13.8 Å². The number of Topliss-reactive ketones (excluding diaryl/α,β-unsaturated/α-hetero) is 1. The number of benzene rings is 1. The molecule has 0 aliphatic carbocycles. The monoisotopic (exact) mass is 472 g/mol. The van der Waals surface area contributed by atoms with E-state index in [1.165, 1.54) is 0 Å². The molecule has 2 amide bonds. The van der Waals surface area contributed by atoms with E-state index in [0.29, 0.717) is 17.5 Å². The van der Waals surface area contributed by atoms with E-state index in [1.807, 2.05) is 26.0 Å². The maximum atomic E-state index is 14.0. The second kappa shape index (κ2) is 10.0. The summed E-state index contributed by atoms with van der Waals surface area (Å²) in [6.07, 6.45) is -0.271. The molecule has 186 valence electrons. The second-order valence-corrected chi connectivity index (χ2v) is 10.1. The van der Waals surface area contributed by atoms with Gasteiger partial charge in [-0.2, -0.15) is 0 Å². The lowest BCUT2D eigenvalue weighted by molar-refractivity contribution is -0.138. The number of carbonyl (C=O) groups excluding carboxylic acids is 3. The van der Waals surface area contributed by atoms with Gasteiger partial charge in [0.1, 0.15) is 24.9 Å². The Bertz CT molecular complexity index is 943. The number of methoxy groups -OCH3 is 1. The minimum Gasteiger partial charge on any atom is -0.377 e. The Morgan fingerprint density at radius 3 is 2.53 bits per heavy atom. The van der Waals surface area contributed by atoms with Gasteiger partial charge in [-0.3, -0.25) is 14.4 Å². The van der Waals surface area contributed by atoms with Crippen LogP contribution >= 0.6 is 0 Å². The van der Waals surface area contributed by atoms with Crippen LogP contribution < -0.4 is 10.6 Å². The summed E-state index contributed by atoms with van der Waals surface area (Å²) in [7, 11) is 3.67. The normalized spacial score (nSPS) is 26.3. The molecule has 1 aromatic carbocycles. The molecule has 3 saturated heterocycles. The number of primary amides is 1. The molecule has 3 fully saturated rings. The first-order valence-corrected chi connectivity index (χ1v) is 12.1. The van der Waals surface area contributed by atoms with E-state index >= 15 is 0 Å². The second-order valence-electron chi connectivity index (χ2n) is 10.1. The zero-order chi connectivity index (χ0) is 24.6. The van der Waals surface area contributed by atoms with E-state index in [-0.39, 0.29) is 36.9 Å². The fourth-order valence-corrected chi connectivity index (χ4v) is 5.40. The lowest BCUT2D eigenvalue weighted by Gasteiger charge is -2.35. The van der Waals surface area contributed by atoms with Crippen LogP contribution in [0, 0.1) is 5.92 Å². The smallest absolute Gasteiger partial charge is 0.249 e. The summed E-state index contributed by atoms with van der Waals surface area (Å²) in [5.74, 6) is -1.26. The molecule has 34 heavy (non-hydrogen) atoms. The molecule has 4 atom stereocenters. The van der Waals surface area contributed by atoms with Crippen molar-refractivity contribution in [1.82, 2.24) is 9.80 Å². The third-order valence-corrected chi connectivity index (χ3v) is 7.27. The van der Waals surface area contributed by atoms with Gasteiger partial charge in [-0.25, -0.2) is 0 Å². The molecule has 0 aromatic heterocycles. The topological polar surface area (TPSA) is 105 Å². The fourth-order valence-electron chi connectivity index (χ4n) is 5.40. The van der Waals surface area contributed by atoms with Gasteiger partial charge in [0.05, 0.1) is 12.5 Å². The van der Waals surface area contributed by atoms with Crippen molar-refractivity contribution in [2.45, 2.75) is 44.4 Å². The Morgan fingerprint density at radius 1 is 1.21 bits per heavy atom. The number of anilines is 1. The number of carbonyl (C=O) groups is 3. The highest BCUT2D eigenvalue weighted by Gasteiger charge is 2.53. The molecule has 4 rings (SSSR count). The molecular weight excluding hydrogens is 436 g/mol. The summed E-state index contributed by atoms with van der Waals surface area (Å²) in [5, 5.41) is 0. The van der Waals surface area contributed by atoms with Gasteiger partial charge in [-0.05, 0) is 43.1 Å². The van der Waals surface area contributed by atoms with Crippen molar-refractivity contribution in [3.8, 4) is 0 Å². The van der Waals surface area contributed by atoms with E-state index in [9.17, 15) is 14.4 Å². The maximum absolute atomic E-state index is 14.0. The van der Waals surface area contributed by atoms with Crippen LogP contribution in [0.4, 0.5) is 5.69 Å². The van der Waals surface area contributed by atoms with Crippen molar-refractivity contribution in [2.24, 2.45) is 11.7 Å². The van der Waals surface area contributed by atoms with Gasteiger partial charge in [0.2, 0.25) is 11.8 Å². The Hall–Kier alpha value is -2.49. The molecule has 0 radical (unpaired) electrons. The van der Waals surface area contributed by atoms with Crippen molar-refractivity contribution < 1.29 is 23.9 Å². The standard InChI is InChI=1S/C25H36N4O5/c1-15(2)11-19(25(32)29-13-21(33-4)23-22(29)20(30)14-34-23)18-12-16(5-6-17(18)24(26)31)28-9-7-27(3)8-10-28/h5-6,12,15,19,21-23H,7-11,13-14H2,1-4H3,(H2,26,31)/t19-,21+,22+,23+/m0/s1. The van der Waals surface area contributed by atoms with Crippen LogP contribution in [-0.2, 0) is 19.1 Å². The van der Waals surface area contributed by atoms with E-state index < -0.39 is 24.0 Å². The van der Waals surface area contributed by atoms with E-state index in [0.717, 1.165) is 31.9 Å². The Balaban J connectivity index is 1.71. The van der Waals surface area contributed by atoms with Gasteiger partial charge in [0.25, 0.3) is 0 Å². The number of hydrogen-bond acceptors (Lipinski definition) is 7. The average Bonchev–Trinajstić information content (AvgIpc) is 3.37. The zero-order valence-electron chi connectivity index (χ0n) is 20.5. The molecule has 0 bridgehead atoms. The van der Waals surface area contributed by atoms with Crippen LogP contribution in [0.2, 0.25) is 0 Å². The summed E-state index contributed by atoms with van der Waals surface area (Å²) in [4.78, 5) is 45.2. The third-order valence-electron chi connectivity index (χ3n) is 7.27. The first-order chi connectivity index (χ1) is 16.2. The molecule has 0 saturated carbocycles. The maximum Gasteiger partial charge on any atom is 0.249 e. The quantitative estimate of drug-likeness (QED) is 0.628. The van der Waals surface area contributed by atoms with Crippen LogP contribution in [0.5, 0.6) is 0 Å². The number of hydrogen-bond donors (Lipinski definition) is 1. The van der Waals surface area contributed by atoms with Crippen molar-refractivity contribution in [2.75, 3.05) is 58.4 Å². The largest absolute Gasteiger partial charge is 0.377 e. The first-order valence-electron chi connectivity index (χ1n) is 12.1. The predicted molar refractivity (Wildman–Crippen MR) is 128 cm³/mol. The molecule has 1 aromatic rings. The Kier molecular flexibility index (Phi) is 7.25. The minimum atomic E-state index is -0.648. The van der Waals surface area contributed by atoms with Crippen molar-refractivity contribution in [3.63, 3.8) is 0 Å². The number of piperazine rings is 1. The highest BCUT2D eigenvalue weighted by molar-refractivity contribution is 5.99. The van der Waals surface area contributed by atoms with E-state index in [2.05, 4.69) is 16.8 Å². The molecule has 3 aliphatic heterocycles. The summed E-state index contributed by atoms with van der Waals surface area (Å²) in [5.41, 5.74) is 7.72. The molecule has 9 heteroatoms. The Morgan fingerprint density at radius 2 is 1.91 bits per heavy atom. The number of nitrogens with zero attached hydrogens (tertiary/aromatic N) is 3. The minimum absolute atomic E-state index is 0.0146. The lowest BCUT2D eigenvalue weighted by Crippen LogP contribution is -2.45. The number of ether oxygens (including phenoxy) is 2. The highest BCUT2D eigenvalue weighted by atomic mass is 16.5. The van der Waals surface area contributed by atoms with Crippen molar-refractivity contribution >= 4 is 23.3 Å². The van der Waals surface area contributed by atoms with E-state index in [4.69, 9.17) is 15.2 Å². The number of fused-ring (bicyclic) bond motifs is 1. The molecule has 2 N–H and O–H groups in total. The van der Waals surface area contributed by atoms with Crippen LogP contribution in [-0.4, -0.2) is 99.1 Å².